The number of benzene rings is 1. The maximum Gasteiger partial charge on any atom is 0.273 e. The maximum absolute atomic E-state index is 10.4. The maximum atomic E-state index is 10.4. The standard InChI is InChI=1S/C7H8NO4P/c1-11-6-3-2-5(8(9)10)4-7(6)12-13/h2-4H,13H2,1H3. The number of nitro benzene ring substituents is 1. The zero-order chi connectivity index (χ0) is 9.84. The quantitative estimate of drug-likeness (QED) is 0.424. The van der Waals surface area contributed by atoms with Crippen LogP contribution in [0.1, 0.15) is 0 Å². The molecular weight excluding hydrogens is 193 g/mol. The Balaban J connectivity index is 3.13. The molecule has 0 fully saturated rings. The van der Waals surface area contributed by atoms with Gasteiger partial charge in [0.05, 0.1) is 27.6 Å². The monoisotopic (exact) mass is 201 g/mol. The van der Waals surface area contributed by atoms with Crippen LogP contribution in [0, 0.1) is 10.1 Å². The number of ether oxygens (including phenoxy) is 1. The molecule has 1 aromatic carbocycles. The Bertz CT molecular complexity index is 328. The summed E-state index contributed by atoms with van der Waals surface area (Å²) in [7, 11) is 3.48. The van der Waals surface area contributed by atoms with Crippen LogP contribution in [-0.2, 0) is 0 Å². The molecule has 0 saturated carbocycles. The minimum Gasteiger partial charge on any atom is -0.493 e. The highest BCUT2D eigenvalue weighted by molar-refractivity contribution is 7.10. The van der Waals surface area contributed by atoms with Crippen LogP contribution in [0.25, 0.3) is 0 Å². The van der Waals surface area contributed by atoms with E-state index in [1.165, 1.54) is 25.3 Å². The SMILES string of the molecule is COc1ccc([N+](=O)[O-])cc1OP. The Morgan fingerprint density at radius 2 is 2.15 bits per heavy atom. The molecule has 0 amide bonds. The zero-order valence-corrected chi connectivity index (χ0v) is 8.04. The van der Waals surface area contributed by atoms with Gasteiger partial charge in [-0.2, -0.15) is 0 Å². The fourth-order valence-corrected chi connectivity index (χ4v) is 1.06. The first-order valence-corrected chi connectivity index (χ1v) is 3.85. The zero-order valence-electron chi connectivity index (χ0n) is 6.89. The highest BCUT2D eigenvalue weighted by Crippen LogP contribution is 2.31. The number of hydrogen-bond donors (Lipinski definition) is 0. The lowest BCUT2D eigenvalue weighted by atomic mass is 10.3. The van der Waals surface area contributed by atoms with Gasteiger partial charge in [-0.1, -0.05) is 0 Å². The molecule has 0 aliphatic heterocycles. The van der Waals surface area contributed by atoms with E-state index in [0.29, 0.717) is 11.5 Å². The lowest BCUT2D eigenvalue weighted by Crippen LogP contribution is -1.91. The van der Waals surface area contributed by atoms with E-state index >= 15 is 0 Å². The van der Waals surface area contributed by atoms with Crippen LogP contribution < -0.4 is 9.26 Å². The Kier molecular flexibility index (Phi) is 3.03. The molecule has 0 aromatic heterocycles. The molecule has 0 aliphatic rings. The Hall–Kier alpha value is -1.35. The number of nitro groups is 1. The summed E-state index contributed by atoms with van der Waals surface area (Å²) >= 11 is 0. The second-order valence-electron chi connectivity index (χ2n) is 2.21. The van der Waals surface area contributed by atoms with Gasteiger partial charge in [0.25, 0.3) is 5.69 Å². The lowest BCUT2D eigenvalue weighted by molar-refractivity contribution is -0.384. The molecule has 70 valence electrons. The average molecular weight is 201 g/mol. The van der Waals surface area contributed by atoms with E-state index in [9.17, 15) is 10.1 Å². The summed E-state index contributed by atoms with van der Waals surface area (Å²) in [5.74, 6) is 0.780. The van der Waals surface area contributed by atoms with E-state index in [1.807, 2.05) is 9.47 Å². The van der Waals surface area contributed by atoms with Gasteiger partial charge in [0.15, 0.2) is 11.5 Å². The second kappa shape index (κ2) is 4.05. The van der Waals surface area contributed by atoms with Gasteiger partial charge in [0, 0.05) is 6.07 Å². The van der Waals surface area contributed by atoms with Gasteiger partial charge in [-0.3, -0.25) is 10.1 Å². The molecule has 0 saturated heterocycles. The molecule has 6 heteroatoms. The summed E-state index contributed by atoms with van der Waals surface area (Å²) < 4.78 is 9.72. The van der Waals surface area contributed by atoms with E-state index in [-0.39, 0.29) is 5.69 Å². The molecule has 0 radical (unpaired) electrons. The fraction of sp³-hybridized carbons (Fsp3) is 0.143. The Morgan fingerprint density at radius 3 is 2.62 bits per heavy atom. The van der Waals surface area contributed by atoms with Crippen LogP contribution in [0.5, 0.6) is 11.5 Å². The van der Waals surface area contributed by atoms with E-state index in [0.717, 1.165) is 0 Å². The molecule has 1 aromatic rings. The van der Waals surface area contributed by atoms with Gasteiger partial charge < -0.3 is 9.26 Å². The van der Waals surface area contributed by atoms with Crippen molar-refractivity contribution in [1.29, 1.82) is 0 Å². The number of non-ortho nitro benzene ring substituents is 1. The molecule has 1 atom stereocenters. The molecule has 0 aliphatic carbocycles. The van der Waals surface area contributed by atoms with Gasteiger partial charge >= 0.3 is 0 Å². The summed E-state index contributed by atoms with van der Waals surface area (Å²) in [6.45, 7) is 0. The molecular formula is C7H8NO4P. The number of methoxy groups -OCH3 is 1. The Morgan fingerprint density at radius 1 is 1.46 bits per heavy atom. The van der Waals surface area contributed by atoms with Crippen molar-refractivity contribution in [3.8, 4) is 11.5 Å². The van der Waals surface area contributed by atoms with Crippen molar-refractivity contribution in [2.24, 2.45) is 0 Å². The predicted octanol–water partition coefficient (Wildman–Crippen LogP) is 1.77. The normalized spacial score (nSPS) is 9.38. The van der Waals surface area contributed by atoms with Crippen molar-refractivity contribution < 1.29 is 14.2 Å². The lowest BCUT2D eigenvalue weighted by Gasteiger charge is -2.05. The number of rotatable bonds is 3. The van der Waals surface area contributed by atoms with Crippen molar-refractivity contribution in [1.82, 2.24) is 0 Å². The molecule has 5 nitrogen and oxygen atoms in total. The van der Waals surface area contributed by atoms with Gasteiger partial charge in [-0.15, -0.1) is 0 Å². The first-order chi connectivity index (χ1) is 6.19. The number of nitrogens with zero attached hydrogens (tertiary/aromatic N) is 1. The average Bonchev–Trinajstić information content (AvgIpc) is 2.16. The van der Waals surface area contributed by atoms with E-state index in [2.05, 4.69) is 0 Å². The summed E-state index contributed by atoms with van der Waals surface area (Å²) in [4.78, 5) is 9.88. The third-order valence-corrected chi connectivity index (χ3v) is 1.74. The summed E-state index contributed by atoms with van der Waals surface area (Å²) in [6, 6.07) is 4.13. The van der Waals surface area contributed by atoms with Gasteiger partial charge in [0.2, 0.25) is 0 Å². The minimum absolute atomic E-state index is 0.0294. The van der Waals surface area contributed by atoms with Crippen molar-refractivity contribution in [3.63, 3.8) is 0 Å². The third kappa shape index (κ3) is 2.06. The Labute approximate surface area is 77.1 Å². The third-order valence-electron chi connectivity index (χ3n) is 1.48. The fourth-order valence-electron chi connectivity index (χ4n) is 0.871. The highest BCUT2D eigenvalue weighted by Gasteiger charge is 2.10. The molecule has 1 rings (SSSR count). The smallest absolute Gasteiger partial charge is 0.273 e. The molecule has 0 N–H and O–H groups in total. The topological polar surface area (TPSA) is 61.6 Å². The van der Waals surface area contributed by atoms with E-state index in [4.69, 9.17) is 9.26 Å². The van der Waals surface area contributed by atoms with Gasteiger partial charge in [-0.25, -0.2) is 0 Å². The minimum atomic E-state index is -0.493. The highest BCUT2D eigenvalue weighted by atomic mass is 31.0. The molecule has 1 unspecified atom stereocenters. The van der Waals surface area contributed by atoms with Crippen molar-refractivity contribution in [2.75, 3.05) is 7.11 Å². The van der Waals surface area contributed by atoms with E-state index in [1.54, 1.807) is 0 Å². The number of hydrogen-bond acceptors (Lipinski definition) is 4. The summed E-state index contributed by atoms with van der Waals surface area (Å²) in [6.07, 6.45) is 0. The van der Waals surface area contributed by atoms with Crippen LogP contribution >= 0.6 is 9.47 Å². The van der Waals surface area contributed by atoms with Crippen LogP contribution in [0.3, 0.4) is 0 Å². The van der Waals surface area contributed by atoms with Crippen molar-refractivity contribution in [3.05, 3.63) is 28.3 Å². The van der Waals surface area contributed by atoms with Gasteiger partial charge in [0.1, 0.15) is 0 Å². The van der Waals surface area contributed by atoms with Crippen LogP contribution in [0.4, 0.5) is 5.69 Å². The van der Waals surface area contributed by atoms with Crippen molar-refractivity contribution in [2.45, 2.75) is 0 Å². The first kappa shape index (κ1) is 9.74. The van der Waals surface area contributed by atoms with Crippen LogP contribution in [0.2, 0.25) is 0 Å². The predicted molar refractivity (Wildman–Crippen MR) is 50.0 cm³/mol. The molecule has 0 heterocycles. The molecule has 0 spiro atoms. The van der Waals surface area contributed by atoms with Crippen LogP contribution in [-0.4, -0.2) is 12.0 Å². The van der Waals surface area contributed by atoms with Crippen molar-refractivity contribution >= 4 is 15.2 Å². The molecule has 13 heavy (non-hydrogen) atoms. The summed E-state index contributed by atoms with van der Waals surface area (Å²) in [5, 5.41) is 10.4. The van der Waals surface area contributed by atoms with Crippen LogP contribution in [0.15, 0.2) is 18.2 Å². The second-order valence-corrected chi connectivity index (χ2v) is 2.45. The largest absolute Gasteiger partial charge is 0.493 e. The van der Waals surface area contributed by atoms with Gasteiger partial charge in [-0.05, 0) is 6.07 Å². The molecule has 0 bridgehead atoms. The van der Waals surface area contributed by atoms with E-state index < -0.39 is 4.92 Å². The summed E-state index contributed by atoms with van der Waals surface area (Å²) in [5.41, 5.74) is -0.0294. The first-order valence-electron chi connectivity index (χ1n) is 3.38.